The van der Waals surface area contributed by atoms with Gasteiger partial charge in [-0.2, -0.15) is 0 Å². The molecule has 0 aromatic heterocycles. The Kier molecular flexibility index (Phi) is 5.90. The third kappa shape index (κ3) is 3.81. The van der Waals surface area contributed by atoms with Gasteiger partial charge in [0.2, 0.25) is 0 Å². The average Bonchev–Trinajstić information content (AvgIpc) is 2.96. The number of carbonyl (C=O) groups is 3. The number of amides is 1. The lowest BCUT2D eigenvalue weighted by molar-refractivity contribution is -0.139. The molecule has 0 N–H and O–H groups in total. The minimum absolute atomic E-state index is 0.0366. The molecule has 8 heteroatoms. The van der Waals surface area contributed by atoms with Crippen molar-refractivity contribution < 1.29 is 28.6 Å². The molecule has 0 spiro atoms. The van der Waals surface area contributed by atoms with E-state index in [4.69, 9.17) is 14.2 Å². The zero-order chi connectivity index (χ0) is 20.1. The van der Waals surface area contributed by atoms with E-state index in [-0.39, 0.29) is 23.8 Å². The van der Waals surface area contributed by atoms with Crippen LogP contribution in [0.15, 0.2) is 60.0 Å². The second-order valence-corrected chi connectivity index (χ2v) is 5.93. The molecule has 2 aliphatic rings. The molecule has 2 heterocycles. The molecule has 146 valence electrons. The van der Waals surface area contributed by atoms with Gasteiger partial charge in [-0.15, -0.1) is 0 Å². The highest BCUT2D eigenvalue weighted by molar-refractivity contribution is 6.05. The quantitative estimate of drug-likeness (QED) is 0.728. The lowest BCUT2D eigenvalue weighted by atomic mass is 10.1. The van der Waals surface area contributed by atoms with E-state index in [1.165, 1.54) is 20.3 Å². The minimum atomic E-state index is -0.677. The predicted molar refractivity (Wildman–Crippen MR) is 101 cm³/mol. The van der Waals surface area contributed by atoms with Crippen molar-refractivity contribution in [2.75, 3.05) is 43.8 Å². The van der Waals surface area contributed by atoms with Crippen molar-refractivity contribution in [3.05, 3.63) is 60.0 Å². The molecule has 1 aromatic rings. The summed E-state index contributed by atoms with van der Waals surface area (Å²) in [5.74, 6) is -1.44. The molecule has 3 rings (SSSR count). The van der Waals surface area contributed by atoms with E-state index in [1.807, 2.05) is 0 Å². The lowest BCUT2D eigenvalue weighted by Gasteiger charge is -2.28. The van der Waals surface area contributed by atoms with Crippen LogP contribution in [0, 0.1) is 0 Å². The number of esters is 2. The van der Waals surface area contributed by atoms with Crippen LogP contribution in [-0.4, -0.2) is 51.8 Å². The summed E-state index contributed by atoms with van der Waals surface area (Å²) in [7, 11) is 2.49. The Morgan fingerprint density at radius 3 is 2.32 bits per heavy atom. The topological polar surface area (TPSA) is 85.4 Å². The van der Waals surface area contributed by atoms with Crippen molar-refractivity contribution >= 4 is 29.2 Å². The summed E-state index contributed by atoms with van der Waals surface area (Å²) >= 11 is 0. The first kappa shape index (κ1) is 19.4. The van der Waals surface area contributed by atoms with E-state index in [0.717, 1.165) is 5.69 Å². The molecule has 1 fully saturated rings. The van der Waals surface area contributed by atoms with Gasteiger partial charge in [0.15, 0.2) is 0 Å². The van der Waals surface area contributed by atoms with Crippen LogP contribution < -0.4 is 9.80 Å². The Hall–Kier alpha value is -3.39. The third-order valence-corrected chi connectivity index (χ3v) is 4.31. The summed E-state index contributed by atoms with van der Waals surface area (Å²) < 4.78 is 14.8. The summed E-state index contributed by atoms with van der Waals surface area (Å²) in [4.78, 5) is 39.8. The van der Waals surface area contributed by atoms with E-state index < -0.39 is 11.9 Å². The highest BCUT2D eigenvalue weighted by atomic mass is 16.5. The second kappa shape index (κ2) is 8.53. The minimum Gasteiger partial charge on any atom is -0.465 e. The van der Waals surface area contributed by atoms with Crippen molar-refractivity contribution in [2.24, 2.45) is 0 Å². The smallest absolute Gasteiger partial charge is 0.355 e. The van der Waals surface area contributed by atoms with Gasteiger partial charge in [-0.1, -0.05) is 6.08 Å². The number of methoxy groups -OCH3 is 2. The number of benzene rings is 1. The lowest BCUT2D eigenvalue weighted by Crippen LogP contribution is -2.41. The van der Waals surface area contributed by atoms with Gasteiger partial charge in [0.25, 0.3) is 5.91 Å². The number of hydrogen-bond acceptors (Lipinski definition) is 7. The molecule has 0 aliphatic carbocycles. The molecule has 28 heavy (non-hydrogen) atoms. The molecule has 0 saturated carbocycles. The van der Waals surface area contributed by atoms with Crippen LogP contribution in [-0.2, 0) is 28.6 Å². The Morgan fingerprint density at radius 2 is 1.68 bits per heavy atom. The zero-order valence-electron chi connectivity index (χ0n) is 15.6. The number of ether oxygens (including phenoxy) is 3. The number of hydrogen-bond donors (Lipinski definition) is 0. The van der Waals surface area contributed by atoms with E-state index in [1.54, 1.807) is 52.4 Å². The fourth-order valence-corrected chi connectivity index (χ4v) is 2.95. The third-order valence-electron chi connectivity index (χ3n) is 4.31. The van der Waals surface area contributed by atoms with Gasteiger partial charge in [0.1, 0.15) is 12.3 Å². The Bertz CT molecular complexity index is 869. The fraction of sp³-hybridized carbons (Fsp3) is 0.250. The van der Waals surface area contributed by atoms with Gasteiger partial charge in [-0.25, -0.2) is 9.59 Å². The van der Waals surface area contributed by atoms with Gasteiger partial charge in [0, 0.05) is 24.1 Å². The fourth-order valence-electron chi connectivity index (χ4n) is 2.95. The number of morpholine rings is 1. The normalized spacial score (nSPS) is 16.9. The standard InChI is InChI=1S/C20H20N2O6/c1-26-19(24)16-5-3-4-10-22(18(16)20(25)27-2)15-8-6-14(7-9-15)21-11-12-28-13-17(21)23/h3-10H,11-13H2,1-2H3. The summed E-state index contributed by atoms with van der Waals surface area (Å²) in [5, 5.41) is 0. The molecule has 1 aromatic carbocycles. The highest BCUT2D eigenvalue weighted by Gasteiger charge is 2.27. The highest BCUT2D eigenvalue weighted by Crippen LogP contribution is 2.28. The van der Waals surface area contributed by atoms with E-state index >= 15 is 0 Å². The van der Waals surface area contributed by atoms with Crippen molar-refractivity contribution in [2.45, 2.75) is 0 Å². The number of nitrogens with zero attached hydrogens (tertiary/aromatic N) is 2. The average molecular weight is 384 g/mol. The van der Waals surface area contributed by atoms with Crippen LogP contribution in [0.25, 0.3) is 0 Å². The maximum absolute atomic E-state index is 12.4. The summed E-state index contributed by atoms with van der Waals surface area (Å²) in [6, 6.07) is 7.06. The summed E-state index contributed by atoms with van der Waals surface area (Å²) in [6.07, 6.45) is 6.47. The number of rotatable bonds is 4. The molecule has 1 saturated heterocycles. The molecule has 2 aliphatic heterocycles. The van der Waals surface area contributed by atoms with E-state index in [9.17, 15) is 14.4 Å². The Labute approximate surface area is 162 Å². The largest absolute Gasteiger partial charge is 0.465 e. The maximum atomic E-state index is 12.4. The van der Waals surface area contributed by atoms with Crippen LogP contribution in [0.4, 0.5) is 11.4 Å². The number of anilines is 2. The summed E-state index contributed by atoms with van der Waals surface area (Å²) in [5.41, 5.74) is 1.46. The van der Waals surface area contributed by atoms with Crippen LogP contribution >= 0.6 is 0 Å². The van der Waals surface area contributed by atoms with Gasteiger partial charge in [0.05, 0.1) is 26.4 Å². The van der Waals surface area contributed by atoms with E-state index in [2.05, 4.69) is 0 Å². The predicted octanol–water partition coefficient (Wildman–Crippen LogP) is 1.54. The molecular weight excluding hydrogens is 364 g/mol. The zero-order valence-corrected chi connectivity index (χ0v) is 15.6. The first-order chi connectivity index (χ1) is 13.6. The molecule has 0 unspecified atom stereocenters. The maximum Gasteiger partial charge on any atom is 0.355 e. The van der Waals surface area contributed by atoms with Crippen LogP contribution in [0.5, 0.6) is 0 Å². The first-order valence-electron chi connectivity index (χ1n) is 8.60. The molecule has 0 radical (unpaired) electrons. The van der Waals surface area contributed by atoms with Crippen molar-refractivity contribution in [1.29, 1.82) is 0 Å². The Balaban J connectivity index is 1.99. The molecule has 0 atom stereocenters. The number of carbonyl (C=O) groups excluding carboxylic acids is 3. The van der Waals surface area contributed by atoms with Crippen LogP contribution in [0.1, 0.15) is 0 Å². The molecular formula is C20H20N2O6. The van der Waals surface area contributed by atoms with E-state index in [0.29, 0.717) is 18.8 Å². The summed E-state index contributed by atoms with van der Waals surface area (Å²) in [6.45, 7) is 1.01. The second-order valence-electron chi connectivity index (χ2n) is 5.93. The Morgan fingerprint density at radius 1 is 1.00 bits per heavy atom. The number of allylic oxidation sites excluding steroid dienone is 2. The van der Waals surface area contributed by atoms with Crippen molar-refractivity contribution in [1.82, 2.24) is 0 Å². The molecule has 8 nitrogen and oxygen atoms in total. The monoisotopic (exact) mass is 384 g/mol. The van der Waals surface area contributed by atoms with Crippen molar-refractivity contribution in [3.63, 3.8) is 0 Å². The van der Waals surface area contributed by atoms with Crippen LogP contribution in [0.2, 0.25) is 0 Å². The van der Waals surface area contributed by atoms with Crippen LogP contribution in [0.3, 0.4) is 0 Å². The van der Waals surface area contributed by atoms with Crippen molar-refractivity contribution in [3.8, 4) is 0 Å². The SMILES string of the molecule is COC(=O)C1=C(C(=O)OC)N(c2ccc(N3CCOCC3=O)cc2)C=CC=C1. The first-order valence-corrected chi connectivity index (χ1v) is 8.60. The van der Waals surface area contributed by atoms with Gasteiger partial charge in [-0.3, -0.25) is 4.79 Å². The van der Waals surface area contributed by atoms with Gasteiger partial charge < -0.3 is 24.0 Å². The molecule has 1 amide bonds. The van der Waals surface area contributed by atoms with Gasteiger partial charge in [-0.05, 0) is 36.4 Å². The molecule has 0 bridgehead atoms. The van der Waals surface area contributed by atoms with Gasteiger partial charge >= 0.3 is 11.9 Å².